The maximum absolute atomic E-state index is 12.4. The third-order valence-corrected chi connectivity index (χ3v) is 4.92. The average Bonchev–Trinajstić information content (AvgIpc) is 2.61. The van der Waals surface area contributed by atoms with Crippen molar-refractivity contribution in [3.8, 4) is 0 Å². The molecule has 138 valence electrons. The largest absolute Gasteiger partial charge is 0.449 e. The average molecular weight is 375 g/mol. The Labute approximate surface area is 153 Å². The van der Waals surface area contributed by atoms with Crippen LogP contribution in [0, 0.1) is 0 Å². The minimum absolute atomic E-state index is 0.112. The Hall–Kier alpha value is -2.67. The number of hydrogen-bond acceptors (Lipinski definition) is 5. The molecule has 0 aliphatic rings. The van der Waals surface area contributed by atoms with Gasteiger partial charge in [-0.2, -0.15) is 0 Å². The van der Waals surface area contributed by atoms with Gasteiger partial charge in [-0.3, -0.25) is 4.79 Å². The maximum atomic E-state index is 12.4. The molecular formula is C19H21NO5S. The van der Waals surface area contributed by atoms with E-state index in [4.69, 9.17) is 4.74 Å². The van der Waals surface area contributed by atoms with Gasteiger partial charge in [-0.1, -0.05) is 30.3 Å². The quantitative estimate of drug-likeness (QED) is 0.724. The fourth-order valence-corrected chi connectivity index (χ4v) is 2.99. The molecule has 0 radical (unpaired) electrons. The highest BCUT2D eigenvalue weighted by Crippen LogP contribution is 2.13. The van der Waals surface area contributed by atoms with Crippen molar-refractivity contribution in [2.45, 2.75) is 24.5 Å². The van der Waals surface area contributed by atoms with Crippen LogP contribution in [0.1, 0.15) is 22.8 Å². The molecule has 0 N–H and O–H groups in total. The summed E-state index contributed by atoms with van der Waals surface area (Å²) >= 11 is 0. The highest BCUT2D eigenvalue weighted by atomic mass is 32.2. The zero-order valence-electron chi connectivity index (χ0n) is 14.9. The van der Waals surface area contributed by atoms with Gasteiger partial charge in [-0.05, 0) is 36.8 Å². The number of likely N-dealkylation sites (N-methyl/N-ethyl adjacent to an activating group) is 1. The van der Waals surface area contributed by atoms with Crippen LogP contribution in [0.3, 0.4) is 0 Å². The number of nitrogens with zero attached hydrogens (tertiary/aromatic N) is 1. The lowest BCUT2D eigenvalue weighted by Crippen LogP contribution is -2.37. The first-order valence-electron chi connectivity index (χ1n) is 7.98. The minimum atomic E-state index is -3.34. The summed E-state index contributed by atoms with van der Waals surface area (Å²) in [6.07, 6.45) is 0.134. The molecule has 0 spiro atoms. The number of rotatable bonds is 6. The molecule has 7 heteroatoms. The highest BCUT2D eigenvalue weighted by molar-refractivity contribution is 7.90. The van der Waals surface area contributed by atoms with Gasteiger partial charge in [0, 0.05) is 19.8 Å². The highest BCUT2D eigenvalue weighted by Gasteiger charge is 2.22. The van der Waals surface area contributed by atoms with Crippen molar-refractivity contribution >= 4 is 21.7 Å². The molecule has 2 aromatic carbocycles. The SMILES string of the molecule is CC(OC(=O)c1ccc(S(C)(=O)=O)cc1)C(=O)N(C)Cc1ccccc1. The number of carbonyl (C=O) groups excluding carboxylic acids is 2. The molecule has 1 unspecified atom stereocenters. The Morgan fingerprint density at radius 3 is 2.15 bits per heavy atom. The third-order valence-electron chi connectivity index (χ3n) is 3.79. The molecule has 0 heterocycles. The zero-order valence-corrected chi connectivity index (χ0v) is 15.7. The van der Waals surface area contributed by atoms with E-state index in [1.807, 2.05) is 30.3 Å². The summed E-state index contributed by atoms with van der Waals surface area (Å²) < 4.78 is 28.1. The van der Waals surface area contributed by atoms with E-state index in [1.54, 1.807) is 7.05 Å². The van der Waals surface area contributed by atoms with Gasteiger partial charge in [0.1, 0.15) is 0 Å². The van der Waals surface area contributed by atoms with Crippen molar-refractivity contribution < 1.29 is 22.7 Å². The Bertz CT molecular complexity index is 876. The van der Waals surface area contributed by atoms with Gasteiger partial charge in [-0.25, -0.2) is 13.2 Å². The van der Waals surface area contributed by atoms with Crippen LogP contribution in [0.25, 0.3) is 0 Å². The normalized spacial score (nSPS) is 12.3. The lowest BCUT2D eigenvalue weighted by molar-refractivity contribution is -0.139. The number of carbonyl (C=O) groups is 2. The number of sulfone groups is 1. The first-order chi connectivity index (χ1) is 12.2. The standard InChI is InChI=1S/C19H21NO5S/c1-14(18(21)20(2)13-15-7-5-4-6-8-15)25-19(22)16-9-11-17(12-10-16)26(3,23)24/h4-12,14H,13H2,1-3H3. The lowest BCUT2D eigenvalue weighted by atomic mass is 10.2. The first-order valence-corrected chi connectivity index (χ1v) is 9.87. The van der Waals surface area contributed by atoms with Crippen LogP contribution >= 0.6 is 0 Å². The molecule has 2 rings (SSSR count). The third kappa shape index (κ3) is 5.16. The van der Waals surface area contributed by atoms with Crippen molar-refractivity contribution in [1.82, 2.24) is 4.90 Å². The van der Waals surface area contributed by atoms with Crippen molar-refractivity contribution in [2.24, 2.45) is 0 Å². The van der Waals surface area contributed by atoms with Gasteiger partial charge >= 0.3 is 5.97 Å². The van der Waals surface area contributed by atoms with Gasteiger partial charge in [-0.15, -0.1) is 0 Å². The predicted octanol–water partition coefficient (Wildman–Crippen LogP) is 2.29. The van der Waals surface area contributed by atoms with E-state index in [1.165, 1.54) is 36.1 Å². The van der Waals surface area contributed by atoms with Gasteiger partial charge < -0.3 is 9.64 Å². The van der Waals surface area contributed by atoms with Crippen LogP contribution in [0.5, 0.6) is 0 Å². The molecule has 1 amide bonds. The van der Waals surface area contributed by atoms with E-state index in [-0.39, 0.29) is 16.4 Å². The van der Waals surface area contributed by atoms with Crippen LogP contribution in [-0.4, -0.2) is 44.6 Å². The minimum Gasteiger partial charge on any atom is -0.449 e. The molecule has 0 aromatic heterocycles. The summed E-state index contributed by atoms with van der Waals surface area (Å²) in [5.41, 5.74) is 1.15. The van der Waals surface area contributed by atoms with Crippen molar-refractivity contribution in [3.63, 3.8) is 0 Å². The second-order valence-corrected chi connectivity index (χ2v) is 8.04. The van der Waals surface area contributed by atoms with Crippen molar-refractivity contribution in [2.75, 3.05) is 13.3 Å². The van der Waals surface area contributed by atoms with Gasteiger partial charge in [0.25, 0.3) is 5.91 Å². The van der Waals surface area contributed by atoms with E-state index in [0.29, 0.717) is 6.54 Å². The fourth-order valence-electron chi connectivity index (χ4n) is 2.36. The summed E-state index contributed by atoms with van der Waals surface area (Å²) in [7, 11) is -1.70. The van der Waals surface area contributed by atoms with Gasteiger partial charge in [0.05, 0.1) is 10.5 Å². The molecule has 0 aliphatic heterocycles. The summed E-state index contributed by atoms with van der Waals surface area (Å²) in [5.74, 6) is -1.01. The summed E-state index contributed by atoms with van der Waals surface area (Å²) in [6.45, 7) is 1.91. The van der Waals surface area contributed by atoms with Crippen LogP contribution < -0.4 is 0 Å². The number of hydrogen-bond donors (Lipinski definition) is 0. The zero-order chi connectivity index (χ0) is 19.3. The number of ether oxygens (including phenoxy) is 1. The molecule has 0 bridgehead atoms. The van der Waals surface area contributed by atoms with Gasteiger partial charge in [0.15, 0.2) is 15.9 Å². The van der Waals surface area contributed by atoms with Gasteiger partial charge in [0.2, 0.25) is 0 Å². The van der Waals surface area contributed by atoms with E-state index in [2.05, 4.69) is 0 Å². The van der Waals surface area contributed by atoms with E-state index in [0.717, 1.165) is 11.8 Å². The number of amides is 1. The summed E-state index contributed by atoms with van der Waals surface area (Å²) in [4.78, 5) is 26.1. The maximum Gasteiger partial charge on any atom is 0.338 e. The molecular weight excluding hydrogens is 354 g/mol. The molecule has 26 heavy (non-hydrogen) atoms. The molecule has 0 fully saturated rings. The fraction of sp³-hybridized carbons (Fsp3) is 0.263. The second kappa shape index (κ2) is 8.14. The monoisotopic (exact) mass is 375 g/mol. The Morgan fingerprint density at radius 1 is 1.04 bits per heavy atom. The Balaban J connectivity index is 1.98. The summed E-state index contributed by atoms with van der Waals surface area (Å²) in [5, 5.41) is 0. The van der Waals surface area contributed by atoms with E-state index in [9.17, 15) is 18.0 Å². The lowest BCUT2D eigenvalue weighted by Gasteiger charge is -2.21. The topological polar surface area (TPSA) is 80.8 Å². The Kier molecular flexibility index (Phi) is 6.15. The van der Waals surface area contributed by atoms with Crippen LogP contribution in [0.4, 0.5) is 0 Å². The molecule has 0 aliphatic carbocycles. The molecule has 0 saturated carbocycles. The molecule has 6 nitrogen and oxygen atoms in total. The number of esters is 1. The van der Waals surface area contributed by atoms with Crippen LogP contribution in [0.15, 0.2) is 59.5 Å². The van der Waals surface area contributed by atoms with E-state index < -0.39 is 21.9 Å². The van der Waals surface area contributed by atoms with Crippen LogP contribution in [0.2, 0.25) is 0 Å². The molecule has 1 atom stereocenters. The smallest absolute Gasteiger partial charge is 0.338 e. The Morgan fingerprint density at radius 2 is 1.62 bits per heavy atom. The van der Waals surface area contributed by atoms with E-state index >= 15 is 0 Å². The van der Waals surface area contributed by atoms with Crippen molar-refractivity contribution in [1.29, 1.82) is 0 Å². The first kappa shape index (κ1) is 19.7. The number of benzene rings is 2. The predicted molar refractivity (Wildman–Crippen MR) is 97.3 cm³/mol. The van der Waals surface area contributed by atoms with Crippen LogP contribution in [-0.2, 0) is 25.9 Å². The second-order valence-electron chi connectivity index (χ2n) is 6.02. The summed E-state index contributed by atoms with van der Waals surface area (Å²) in [6, 6.07) is 14.9. The molecule has 2 aromatic rings. The molecule has 0 saturated heterocycles. The van der Waals surface area contributed by atoms with Crippen molar-refractivity contribution in [3.05, 3.63) is 65.7 Å².